The van der Waals surface area contributed by atoms with Crippen molar-refractivity contribution >= 4 is 0 Å². The maximum Gasteiger partial charge on any atom is 0.0620 e. The van der Waals surface area contributed by atoms with Crippen LogP contribution in [0.1, 0.15) is 24.1 Å². The smallest absolute Gasteiger partial charge is 0.0620 e. The zero-order valence-electron chi connectivity index (χ0n) is 8.83. The molecule has 15 heavy (non-hydrogen) atoms. The van der Waals surface area contributed by atoms with Crippen LogP contribution in [0.4, 0.5) is 0 Å². The summed E-state index contributed by atoms with van der Waals surface area (Å²) in [5.41, 5.74) is 2.72. The molecule has 2 N–H and O–H groups in total. The van der Waals surface area contributed by atoms with E-state index in [0.717, 1.165) is 32.5 Å². The van der Waals surface area contributed by atoms with Crippen molar-refractivity contribution in [3.63, 3.8) is 0 Å². The fourth-order valence-electron chi connectivity index (χ4n) is 2.56. The van der Waals surface area contributed by atoms with E-state index in [1.807, 2.05) is 6.20 Å². The highest BCUT2D eigenvalue weighted by molar-refractivity contribution is 5.21. The molecule has 0 bridgehead atoms. The summed E-state index contributed by atoms with van der Waals surface area (Å²) in [6, 6.07) is 1.19. The molecular weight excluding hydrogens is 190 g/mol. The maximum absolute atomic E-state index is 5.37. The van der Waals surface area contributed by atoms with Crippen LogP contribution in [-0.4, -0.2) is 35.5 Å². The van der Waals surface area contributed by atoms with Gasteiger partial charge in [0, 0.05) is 24.4 Å². The SMILES string of the molecule is c1n[nH]c2c1CC(NC1CCOC1)CC2. The summed E-state index contributed by atoms with van der Waals surface area (Å²) in [4.78, 5) is 0. The number of nitrogens with one attached hydrogen (secondary N) is 2. The number of H-pyrrole nitrogens is 1. The molecule has 0 amide bonds. The Morgan fingerprint density at radius 1 is 1.40 bits per heavy atom. The number of aromatic amines is 1. The van der Waals surface area contributed by atoms with Crippen LogP contribution in [0.5, 0.6) is 0 Å². The highest BCUT2D eigenvalue weighted by Crippen LogP contribution is 2.20. The van der Waals surface area contributed by atoms with Gasteiger partial charge in [0.1, 0.15) is 0 Å². The lowest BCUT2D eigenvalue weighted by Gasteiger charge is -2.25. The van der Waals surface area contributed by atoms with E-state index < -0.39 is 0 Å². The van der Waals surface area contributed by atoms with Crippen molar-refractivity contribution in [1.82, 2.24) is 15.5 Å². The summed E-state index contributed by atoms with van der Waals surface area (Å²) in [6.45, 7) is 1.80. The van der Waals surface area contributed by atoms with Crippen molar-refractivity contribution < 1.29 is 4.74 Å². The van der Waals surface area contributed by atoms with Crippen molar-refractivity contribution in [3.05, 3.63) is 17.5 Å². The molecule has 2 unspecified atom stereocenters. The summed E-state index contributed by atoms with van der Waals surface area (Å²) in [6.07, 6.45) is 6.58. The first kappa shape index (κ1) is 9.36. The fourth-order valence-corrected chi connectivity index (χ4v) is 2.56. The molecule has 1 aliphatic heterocycles. The first-order valence-corrected chi connectivity index (χ1v) is 5.77. The zero-order chi connectivity index (χ0) is 10.1. The van der Waals surface area contributed by atoms with Crippen LogP contribution < -0.4 is 5.32 Å². The van der Waals surface area contributed by atoms with Gasteiger partial charge in [0.05, 0.1) is 12.8 Å². The van der Waals surface area contributed by atoms with Gasteiger partial charge >= 0.3 is 0 Å². The molecule has 1 fully saturated rings. The van der Waals surface area contributed by atoms with Gasteiger partial charge in [-0.1, -0.05) is 0 Å². The molecule has 2 aliphatic rings. The van der Waals surface area contributed by atoms with E-state index in [2.05, 4.69) is 15.5 Å². The van der Waals surface area contributed by atoms with Gasteiger partial charge in [-0.15, -0.1) is 0 Å². The largest absolute Gasteiger partial charge is 0.380 e. The lowest BCUT2D eigenvalue weighted by atomic mass is 9.93. The minimum Gasteiger partial charge on any atom is -0.380 e. The molecule has 0 aromatic carbocycles. The molecule has 1 aromatic heterocycles. The number of aromatic nitrogens is 2. The summed E-state index contributed by atoms with van der Waals surface area (Å²) < 4.78 is 5.37. The number of ether oxygens (including phenoxy) is 1. The first-order valence-electron chi connectivity index (χ1n) is 5.77. The summed E-state index contributed by atoms with van der Waals surface area (Å²) in [5, 5.41) is 10.8. The van der Waals surface area contributed by atoms with Gasteiger partial charge in [0.2, 0.25) is 0 Å². The standard InChI is InChI=1S/C11H17N3O/c1-2-11-8(6-12-14-11)5-9(1)13-10-3-4-15-7-10/h6,9-10,13H,1-5,7H2,(H,12,14). The van der Waals surface area contributed by atoms with Gasteiger partial charge in [-0.2, -0.15) is 5.10 Å². The van der Waals surface area contributed by atoms with Gasteiger partial charge < -0.3 is 10.1 Å². The molecule has 82 valence electrons. The highest BCUT2D eigenvalue weighted by atomic mass is 16.5. The van der Waals surface area contributed by atoms with Crippen molar-refractivity contribution in [2.24, 2.45) is 0 Å². The van der Waals surface area contributed by atoms with Crippen molar-refractivity contribution in [3.8, 4) is 0 Å². The molecule has 1 saturated heterocycles. The second-order valence-corrected chi connectivity index (χ2v) is 4.54. The van der Waals surface area contributed by atoms with E-state index in [1.54, 1.807) is 0 Å². The van der Waals surface area contributed by atoms with E-state index in [-0.39, 0.29) is 0 Å². The Kier molecular flexibility index (Phi) is 2.46. The van der Waals surface area contributed by atoms with Crippen LogP contribution in [0.15, 0.2) is 6.20 Å². The van der Waals surface area contributed by atoms with Crippen LogP contribution in [0, 0.1) is 0 Å². The van der Waals surface area contributed by atoms with E-state index in [0.29, 0.717) is 12.1 Å². The first-order chi connectivity index (χ1) is 7.42. The molecule has 0 radical (unpaired) electrons. The van der Waals surface area contributed by atoms with Crippen LogP contribution >= 0.6 is 0 Å². The van der Waals surface area contributed by atoms with Crippen molar-refractivity contribution in [2.45, 2.75) is 37.8 Å². The number of hydrogen-bond donors (Lipinski definition) is 2. The number of fused-ring (bicyclic) bond motifs is 1. The molecule has 4 heteroatoms. The van der Waals surface area contributed by atoms with Gasteiger partial charge in [-0.25, -0.2) is 0 Å². The molecule has 0 spiro atoms. The Morgan fingerprint density at radius 2 is 2.40 bits per heavy atom. The average Bonchev–Trinajstić information content (AvgIpc) is 2.87. The Balaban J connectivity index is 1.61. The summed E-state index contributed by atoms with van der Waals surface area (Å²) in [5.74, 6) is 0. The minimum atomic E-state index is 0.573. The molecular formula is C11H17N3O. The van der Waals surface area contributed by atoms with Crippen LogP contribution in [0.3, 0.4) is 0 Å². The predicted octanol–water partition coefficient (Wildman–Crippen LogP) is 0.645. The van der Waals surface area contributed by atoms with Crippen molar-refractivity contribution in [2.75, 3.05) is 13.2 Å². The average molecular weight is 207 g/mol. The molecule has 3 rings (SSSR count). The zero-order valence-corrected chi connectivity index (χ0v) is 8.83. The predicted molar refractivity (Wildman–Crippen MR) is 56.8 cm³/mol. The van der Waals surface area contributed by atoms with E-state index in [4.69, 9.17) is 4.74 Å². The maximum atomic E-state index is 5.37. The molecule has 1 aromatic rings. The third-order valence-electron chi connectivity index (χ3n) is 3.42. The molecule has 0 saturated carbocycles. The third-order valence-corrected chi connectivity index (χ3v) is 3.42. The Morgan fingerprint density at radius 3 is 3.27 bits per heavy atom. The molecule has 2 heterocycles. The summed E-state index contributed by atoms with van der Waals surface area (Å²) in [7, 11) is 0. The Bertz CT molecular complexity index is 330. The van der Waals surface area contributed by atoms with Gasteiger partial charge in [0.15, 0.2) is 0 Å². The van der Waals surface area contributed by atoms with Crippen molar-refractivity contribution in [1.29, 1.82) is 0 Å². The van der Waals surface area contributed by atoms with Crippen LogP contribution in [0.25, 0.3) is 0 Å². The Labute approximate surface area is 89.4 Å². The monoisotopic (exact) mass is 207 g/mol. The quantitative estimate of drug-likeness (QED) is 0.748. The third kappa shape index (κ3) is 1.92. The second-order valence-electron chi connectivity index (χ2n) is 4.54. The van der Waals surface area contributed by atoms with E-state index in [1.165, 1.54) is 17.7 Å². The highest BCUT2D eigenvalue weighted by Gasteiger charge is 2.24. The lowest BCUT2D eigenvalue weighted by Crippen LogP contribution is -2.41. The number of nitrogens with zero attached hydrogens (tertiary/aromatic N) is 1. The number of aryl methyl sites for hydroxylation is 1. The fraction of sp³-hybridized carbons (Fsp3) is 0.727. The topological polar surface area (TPSA) is 49.9 Å². The second kappa shape index (κ2) is 3.94. The summed E-state index contributed by atoms with van der Waals surface area (Å²) >= 11 is 0. The van der Waals surface area contributed by atoms with Crippen LogP contribution in [0.2, 0.25) is 0 Å². The normalized spacial score (nSPS) is 30.4. The van der Waals surface area contributed by atoms with Gasteiger partial charge in [-0.3, -0.25) is 5.10 Å². The number of hydrogen-bond acceptors (Lipinski definition) is 3. The van der Waals surface area contributed by atoms with Gasteiger partial charge in [-0.05, 0) is 31.2 Å². The van der Waals surface area contributed by atoms with Crippen LogP contribution in [-0.2, 0) is 17.6 Å². The number of rotatable bonds is 2. The molecule has 2 atom stereocenters. The lowest BCUT2D eigenvalue weighted by molar-refractivity contribution is 0.187. The van der Waals surface area contributed by atoms with E-state index >= 15 is 0 Å². The Hall–Kier alpha value is -0.870. The van der Waals surface area contributed by atoms with Gasteiger partial charge in [0.25, 0.3) is 0 Å². The van der Waals surface area contributed by atoms with E-state index in [9.17, 15) is 0 Å². The molecule has 1 aliphatic carbocycles. The molecule has 4 nitrogen and oxygen atoms in total. The minimum absolute atomic E-state index is 0.573.